The Morgan fingerprint density at radius 3 is 2.57 bits per heavy atom. The number of benzene rings is 2. The van der Waals surface area contributed by atoms with E-state index in [1.807, 2.05) is 43.3 Å². The van der Waals surface area contributed by atoms with Crippen molar-refractivity contribution in [3.63, 3.8) is 0 Å². The SMILES string of the molecule is C=C(C1=C2CN(S(=O)(=O)c3ccc(C)cc3)CC2C(=C)C1)c1cccc(Cl)c1. The van der Waals surface area contributed by atoms with E-state index < -0.39 is 10.0 Å². The second-order valence-electron chi connectivity index (χ2n) is 7.49. The largest absolute Gasteiger partial charge is 0.243 e. The van der Waals surface area contributed by atoms with E-state index in [0.717, 1.165) is 39.8 Å². The van der Waals surface area contributed by atoms with Gasteiger partial charge in [-0.2, -0.15) is 4.31 Å². The lowest BCUT2D eigenvalue weighted by Gasteiger charge is -2.18. The molecule has 1 saturated heterocycles. The topological polar surface area (TPSA) is 37.4 Å². The highest BCUT2D eigenvalue weighted by Crippen LogP contribution is 2.46. The molecule has 0 spiro atoms. The summed E-state index contributed by atoms with van der Waals surface area (Å²) in [7, 11) is -3.53. The fraction of sp³-hybridized carbons (Fsp3) is 0.217. The molecule has 1 heterocycles. The highest BCUT2D eigenvalue weighted by molar-refractivity contribution is 7.89. The summed E-state index contributed by atoms with van der Waals surface area (Å²) in [6, 6.07) is 14.6. The van der Waals surface area contributed by atoms with Gasteiger partial charge in [-0.05, 0) is 59.9 Å². The predicted octanol–water partition coefficient (Wildman–Crippen LogP) is 5.24. The molecule has 2 aromatic rings. The Bertz CT molecular complexity index is 1110. The average Bonchev–Trinajstić information content (AvgIpc) is 3.23. The Balaban J connectivity index is 1.67. The third-order valence-electron chi connectivity index (χ3n) is 5.63. The molecule has 3 nitrogen and oxygen atoms in total. The number of sulfonamides is 1. The van der Waals surface area contributed by atoms with Crippen LogP contribution in [0, 0.1) is 12.8 Å². The third-order valence-corrected chi connectivity index (χ3v) is 7.69. The fourth-order valence-electron chi connectivity index (χ4n) is 4.02. The van der Waals surface area contributed by atoms with Crippen molar-refractivity contribution in [2.24, 2.45) is 5.92 Å². The molecule has 0 N–H and O–H groups in total. The maximum atomic E-state index is 13.1. The smallest absolute Gasteiger partial charge is 0.207 e. The van der Waals surface area contributed by atoms with Crippen molar-refractivity contribution in [1.82, 2.24) is 4.31 Å². The van der Waals surface area contributed by atoms with Crippen molar-refractivity contribution in [3.8, 4) is 0 Å². The van der Waals surface area contributed by atoms with Gasteiger partial charge in [0.05, 0.1) is 4.90 Å². The Hall–Kier alpha value is -2.14. The van der Waals surface area contributed by atoms with Crippen LogP contribution in [0.2, 0.25) is 5.02 Å². The number of hydrogen-bond acceptors (Lipinski definition) is 2. The second kappa shape index (κ2) is 7.03. The summed E-state index contributed by atoms with van der Waals surface area (Å²) in [5, 5.41) is 0.660. The first-order valence-corrected chi connectivity index (χ1v) is 11.0. The van der Waals surface area contributed by atoms with Crippen LogP contribution < -0.4 is 0 Å². The first-order valence-electron chi connectivity index (χ1n) is 9.19. The molecule has 1 unspecified atom stereocenters. The maximum Gasteiger partial charge on any atom is 0.243 e. The summed E-state index contributed by atoms with van der Waals surface area (Å²) in [5.41, 5.74) is 6.16. The van der Waals surface area contributed by atoms with Crippen LogP contribution in [-0.4, -0.2) is 25.8 Å². The summed E-state index contributed by atoms with van der Waals surface area (Å²) in [6.45, 7) is 11.3. The van der Waals surface area contributed by atoms with Gasteiger partial charge in [0.15, 0.2) is 0 Å². The third kappa shape index (κ3) is 3.26. The van der Waals surface area contributed by atoms with Crippen LogP contribution in [0.25, 0.3) is 5.57 Å². The van der Waals surface area contributed by atoms with Crippen LogP contribution in [0.5, 0.6) is 0 Å². The van der Waals surface area contributed by atoms with E-state index in [2.05, 4.69) is 13.2 Å². The van der Waals surface area contributed by atoms with Crippen molar-refractivity contribution in [3.05, 3.63) is 94.6 Å². The van der Waals surface area contributed by atoms with Crippen molar-refractivity contribution in [2.45, 2.75) is 18.2 Å². The Labute approximate surface area is 171 Å². The zero-order chi connectivity index (χ0) is 20.1. The maximum absolute atomic E-state index is 13.1. The molecular weight excluding hydrogens is 390 g/mol. The number of fused-ring (bicyclic) bond motifs is 1. The molecule has 5 heteroatoms. The van der Waals surface area contributed by atoms with E-state index in [9.17, 15) is 8.42 Å². The number of nitrogens with zero attached hydrogens (tertiary/aromatic N) is 1. The monoisotopic (exact) mass is 411 g/mol. The molecular formula is C23H22ClNO2S. The lowest BCUT2D eigenvalue weighted by Crippen LogP contribution is -2.29. The van der Waals surface area contributed by atoms with Gasteiger partial charge in [-0.15, -0.1) is 0 Å². The molecule has 2 aromatic carbocycles. The Morgan fingerprint density at radius 1 is 1.18 bits per heavy atom. The molecule has 28 heavy (non-hydrogen) atoms. The van der Waals surface area contributed by atoms with E-state index in [1.54, 1.807) is 16.4 Å². The molecule has 2 aliphatic rings. The van der Waals surface area contributed by atoms with E-state index >= 15 is 0 Å². The zero-order valence-electron chi connectivity index (χ0n) is 15.8. The summed E-state index contributed by atoms with van der Waals surface area (Å²) < 4.78 is 27.8. The van der Waals surface area contributed by atoms with Crippen molar-refractivity contribution >= 4 is 27.2 Å². The first kappa shape index (κ1) is 19.2. The number of halogens is 1. The van der Waals surface area contributed by atoms with Gasteiger partial charge in [-0.3, -0.25) is 0 Å². The van der Waals surface area contributed by atoms with Gasteiger partial charge in [0.25, 0.3) is 0 Å². The van der Waals surface area contributed by atoms with Crippen LogP contribution >= 0.6 is 11.6 Å². The summed E-state index contributed by atoms with van der Waals surface area (Å²) >= 11 is 6.14. The zero-order valence-corrected chi connectivity index (χ0v) is 17.4. The van der Waals surface area contributed by atoms with Gasteiger partial charge >= 0.3 is 0 Å². The van der Waals surface area contributed by atoms with E-state index in [4.69, 9.17) is 11.6 Å². The van der Waals surface area contributed by atoms with Gasteiger partial charge < -0.3 is 0 Å². The van der Waals surface area contributed by atoms with Crippen LogP contribution in [-0.2, 0) is 10.0 Å². The number of allylic oxidation sites excluding steroid dienone is 2. The van der Waals surface area contributed by atoms with Crippen molar-refractivity contribution in [2.75, 3.05) is 13.1 Å². The van der Waals surface area contributed by atoms with E-state index in [0.29, 0.717) is 23.0 Å². The van der Waals surface area contributed by atoms with Crippen LogP contribution in [0.15, 0.2) is 83.3 Å². The lowest BCUT2D eigenvalue weighted by atomic mass is 9.96. The number of hydrogen-bond donors (Lipinski definition) is 0. The molecule has 0 saturated carbocycles. The minimum atomic E-state index is -3.53. The molecule has 1 aliphatic carbocycles. The molecule has 0 radical (unpaired) electrons. The minimum absolute atomic E-state index is 0.0613. The molecule has 1 fully saturated rings. The second-order valence-corrected chi connectivity index (χ2v) is 9.87. The standard InChI is InChI=1S/C23H22ClNO2S/c1-15-7-9-20(10-8-15)28(26,27)25-13-22-16(2)11-21(23(22)14-25)17(3)18-5-4-6-19(24)12-18/h4-10,12,22H,2-3,11,13-14H2,1H3. The highest BCUT2D eigenvalue weighted by atomic mass is 35.5. The fourth-order valence-corrected chi connectivity index (χ4v) is 5.64. The molecule has 1 aliphatic heterocycles. The minimum Gasteiger partial charge on any atom is -0.207 e. The molecule has 0 bridgehead atoms. The van der Waals surface area contributed by atoms with Gasteiger partial charge in [-0.1, -0.05) is 60.2 Å². The number of aryl methyl sites for hydroxylation is 1. The van der Waals surface area contributed by atoms with Crippen LogP contribution in [0.4, 0.5) is 0 Å². The number of rotatable bonds is 4. The van der Waals surface area contributed by atoms with E-state index in [1.165, 1.54) is 0 Å². The Morgan fingerprint density at radius 2 is 1.89 bits per heavy atom. The quantitative estimate of drug-likeness (QED) is 0.645. The van der Waals surface area contributed by atoms with E-state index in [-0.39, 0.29) is 5.92 Å². The summed E-state index contributed by atoms with van der Waals surface area (Å²) in [4.78, 5) is 0.333. The lowest BCUT2D eigenvalue weighted by molar-refractivity contribution is 0.467. The highest BCUT2D eigenvalue weighted by Gasteiger charge is 2.41. The molecule has 4 rings (SSSR count). The predicted molar refractivity (Wildman–Crippen MR) is 115 cm³/mol. The van der Waals surface area contributed by atoms with Crippen molar-refractivity contribution < 1.29 is 8.42 Å². The summed E-state index contributed by atoms with van der Waals surface area (Å²) in [5.74, 6) is 0.0613. The Kier molecular flexibility index (Phi) is 4.82. The molecule has 0 amide bonds. The average molecular weight is 412 g/mol. The molecule has 0 aromatic heterocycles. The summed E-state index contributed by atoms with van der Waals surface area (Å²) in [6.07, 6.45) is 0.740. The van der Waals surface area contributed by atoms with Gasteiger partial charge in [0.1, 0.15) is 0 Å². The van der Waals surface area contributed by atoms with Gasteiger partial charge in [-0.25, -0.2) is 8.42 Å². The molecule has 144 valence electrons. The first-order chi connectivity index (χ1) is 13.3. The normalized spacial score (nSPS) is 19.9. The van der Waals surface area contributed by atoms with Gasteiger partial charge in [0.2, 0.25) is 10.0 Å². The van der Waals surface area contributed by atoms with Crippen LogP contribution in [0.3, 0.4) is 0 Å². The van der Waals surface area contributed by atoms with Crippen LogP contribution in [0.1, 0.15) is 17.5 Å². The molecule has 1 atom stereocenters. The van der Waals surface area contributed by atoms with Crippen molar-refractivity contribution in [1.29, 1.82) is 0 Å². The van der Waals surface area contributed by atoms with Gasteiger partial charge in [0, 0.05) is 24.0 Å².